The number of hydrogen-bond acceptors (Lipinski definition) is 15. The van der Waals surface area contributed by atoms with Crippen LogP contribution < -0.4 is 16.0 Å². The van der Waals surface area contributed by atoms with Crippen LogP contribution in [0.2, 0.25) is 0 Å². The molecule has 15 atom stereocenters. The van der Waals surface area contributed by atoms with Crippen molar-refractivity contribution in [2.24, 2.45) is 0 Å². The number of amides is 3. The molecule has 18 nitrogen and oxygen atoms in total. The number of ether oxygens (including phenoxy) is 5. The Morgan fingerprint density at radius 3 is 1.53 bits per heavy atom. The van der Waals surface area contributed by atoms with E-state index in [1.165, 1.54) is 13.8 Å². The third kappa shape index (κ3) is 8.35. The molecule has 10 N–H and O–H groups in total. The first-order valence-corrected chi connectivity index (χ1v) is 13.9. The Morgan fingerprint density at radius 2 is 1.07 bits per heavy atom. The first kappa shape index (κ1) is 35.4. The Hall–Kier alpha value is -2.07. The molecule has 0 aromatic carbocycles. The number of carbonyl (C=O) groups excluding carboxylic acids is 3. The molecule has 0 aromatic heterocycles. The number of nitrogens with one attached hydrogen (secondary N) is 3. The van der Waals surface area contributed by atoms with Gasteiger partial charge in [-0.05, 0) is 6.92 Å². The van der Waals surface area contributed by atoms with Crippen molar-refractivity contribution in [3.63, 3.8) is 0 Å². The topological polar surface area (TPSA) is 275 Å². The fourth-order valence-corrected chi connectivity index (χ4v) is 5.41. The zero-order valence-corrected chi connectivity index (χ0v) is 24.2. The van der Waals surface area contributed by atoms with Crippen LogP contribution in [-0.2, 0) is 38.1 Å². The fraction of sp³-hybridized carbons (Fsp3) is 0.880. The number of aliphatic hydroxyl groups excluding tert-OH is 7. The third-order valence-electron chi connectivity index (χ3n) is 7.55. The molecule has 3 amide bonds. The third-order valence-corrected chi connectivity index (χ3v) is 7.55. The van der Waals surface area contributed by atoms with Gasteiger partial charge in [0.1, 0.15) is 67.0 Å². The lowest BCUT2D eigenvalue weighted by molar-refractivity contribution is -0.315. The highest BCUT2D eigenvalue weighted by atomic mass is 16.7. The summed E-state index contributed by atoms with van der Waals surface area (Å²) >= 11 is 0. The maximum atomic E-state index is 12.0. The van der Waals surface area contributed by atoms with Gasteiger partial charge in [0.15, 0.2) is 12.6 Å². The normalized spacial score (nSPS) is 43.5. The van der Waals surface area contributed by atoms with Crippen LogP contribution in [-0.4, -0.2) is 165 Å². The molecule has 0 bridgehead atoms. The molecule has 3 fully saturated rings. The van der Waals surface area contributed by atoms with Gasteiger partial charge in [0, 0.05) is 20.8 Å². The lowest BCUT2D eigenvalue weighted by Gasteiger charge is -2.48. The van der Waals surface area contributed by atoms with Crippen LogP contribution >= 0.6 is 0 Å². The predicted octanol–water partition coefficient (Wildman–Crippen LogP) is -6.07. The van der Waals surface area contributed by atoms with E-state index in [-0.39, 0.29) is 0 Å². The van der Waals surface area contributed by atoms with Crippen LogP contribution in [0, 0.1) is 0 Å². The van der Waals surface area contributed by atoms with E-state index in [4.69, 9.17) is 23.7 Å². The molecular formula is C25H43N3O15. The Bertz CT molecular complexity index is 961. The molecule has 0 radical (unpaired) electrons. The minimum atomic E-state index is -1.64. The van der Waals surface area contributed by atoms with Gasteiger partial charge in [0.05, 0.1) is 32.0 Å². The van der Waals surface area contributed by atoms with Gasteiger partial charge in [0.25, 0.3) is 0 Å². The van der Waals surface area contributed by atoms with Crippen LogP contribution in [0.5, 0.6) is 0 Å². The second kappa shape index (κ2) is 15.3. The Labute approximate surface area is 247 Å². The quantitative estimate of drug-likeness (QED) is 0.108. The summed E-state index contributed by atoms with van der Waals surface area (Å²) in [5.74, 6) is -1.67. The van der Waals surface area contributed by atoms with Gasteiger partial charge < -0.3 is 75.4 Å². The van der Waals surface area contributed by atoms with E-state index in [2.05, 4.69) is 16.0 Å². The summed E-state index contributed by atoms with van der Waals surface area (Å²) in [5, 5.41) is 79.8. The average Bonchev–Trinajstić information content (AvgIpc) is 2.93. The maximum Gasteiger partial charge on any atom is 0.217 e. The Morgan fingerprint density at radius 1 is 0.628 bits per heavy atom. The lowest BCUT2D eigenvalue weighted by Crippen LogP contribution is -2.69. The van der Waals surface area contributed by atoms with Crippen molar-refractivity contribution in [2.45, 2.75) is 119 Å². The minimum absolute atomic E-state index is 0.443. The first-order valence-electron chi connectivity index (χ1n) is 13.9. The lowest BCUT2D eigenvalue weighted by atomic mass is 9.92. The molecule has 0 aromatic rings. The Balaban J connectivity index is 1.84. The van der Waals surface area contributed by atoms with Crippen LogP contribution in [0.4, 0.5) is 0 Å². The number of rotatable bonds is 10. The molecule has 0 aliphatic carbocycles. The van der Waals surface area contributed by atoms with E-state index in [1.54, 1.807) is 6.92 Å². The second-order valence-corrected chi connectivity index (χ2v) is 10.9. The smallest absolute Gasteiger partial charge is 0.217 e. The average molecular weight is 626 g/mol. The minimum Gasteiger partial charge on any atom is -0.394 e. The zero-order chi connectivity index (χ0) is 32.2. The van der Waals surface area contributed by atoms with Crippen molar-refractivity contribution >= 4 is 17.7 Å². The van der Waals surface area contributed by atoms with Crippen molar-refractivity contribution in [2.75, 3.05) is 19.8 Å². The maximum absolute atomic E-state index is 12.0. The molecule has 43 heavy (non-hydrogen) atoms. The fourth-order valence-electron chi connectivity index (χ4n) is 5.41. The molecule has 3 rings (SSSR count). The van der Waals surface area contributed by atoms with Crippen molar-refractivity contribution in [3.8, 4) is 0 Å². The molecule has 3 saturated heterocycles. The summed E-state index contributed by atoms with van der Waals surface area (Å²) in [6.07, 6.45) is -16.8. The van der Waals surface area contributed by atoms with E-state index in [1.807, 2.05) is 0 Å². The molecule has 3 aliphatic heterocycles. The van der Waals surface area contributed by atoms with E-state index in [0.29, 0.717) is 0 Å². The summed E-state index contributed by atoms with van der Waals surface area (Å²) in [6, 6.07) is -3.61. The standard InChI is InChI=1S/C25H43N3O15/c1-8-15(26-9(2)31)23(43-25-17(28-11(4)33)22(38)19(35)13(6-30)42-25)20(36)14(40-8)7-39-24-16(27-10(3)32)21(37)18(34)12(5-29)41-24/h8,12-25,29-30,34-38H,5-7H2,1-4H3,(H,26,31)(H,27,32)(H,28,33)/t8-,12-,13-,14-,15+,16-,17-,18-,19-,20+,21-,22-,23-,24-,25+/m1/s1. The van der Waals surface area contributed by atoms with Gasteiger partial charge >= 0.3 is 0 Å². The SMILES string of the molecule is CC(=O)N[C@@H]1[C@@H](O[C@@H]2O[C@H](CO)[C@@H](O)[C@H](O)[C@H]2NC(C)=O)[C@@H](O)[C@@H](CO[C@@H]2O[C@H](CO)[C@@H](O)[C@H](O)[C@H]2NC(C)=O)O[C@@H]1C. The van der Waals surface area contributed by atoms with Gasteiger partial charge in [-0.1, -0.05) is 0 Å². The second-order valence-electron chi connectivity index (χ2n) is 10.9. The van der Waals surface area contributed by atoms with Crippen molar-refractivity contribution in [3.05, 3.63) is 0 Å². The zero-order valence-electron chi connectivity index (χ0n) is 24.2. The van der Waals surface area contributed by atoms with Gasteiger partial charge in [-0.3, -0.25) is 14.4 Å². The highest BCUT2D eigenvalue weighted by Crippen LogP contribution is 2.30. The summed E-state index contributed by atoms with van der Waals surface area (Å²) in [7, 11) is 0. The van der Waals surface area contributed by atoms with E-state index >= 15 is 0 Å². The molecule has 0 spiro atoms. The number of carbonyl (C=O) groups is 3. The van der Waals surface area contributed by atoms with Crippen LogP contribution in [0.1, 0.15) is 27.7 Å². The van der Waals surface area contributed by atoms with Crippen LogP contribution in [0.25, 0.3) is 0 Å². The molecule has 18 heteroatoms. The van der Waals surface area contributed by atoms with E-state index in [9.17, 15) is 50.1 Å². The number of aliphatic hydroxyl groups is 7. The Kier molecular flexibility index (Phi) is 12.6. The van der Waals surface area contributed by atoms with Crippen molar-refractivity contribution in [1.29, 1.82) is 0 Å². The summed E-state index contributed by atoms with van der Waals surface area (Å²) in [5.41, 5.74) is 0. The molecule has 3 heterocycles. The monoisotopic (exact) mass is 625 g/mol. The largest absolute Gasteiger partial charge is 0.394 e. The first-order chi connectivity index (χ1) is 20.2. The summed E-state index contributed by atoms with van der Waals surface area (Å²) in [6.45, 7) is 3.29. The van der Waals surface area contributed by atoms with E-state index in [0.717, 1.165) is 6.92 Å². The summed E-state index contributed by atoms with van der Waals surface area (Å²) < 4.78 is 28.9. The highest BCUT2D eigenvalue weighted by molar-refractivity contribution is 5.74. The highest BCUT2D eigenvalue weighted by Gasteiger charge is 2.52. The van der Waals surface area contributed by atoms with Crippen LogP contribution in [0.3, 0.4) is 0 Å². The van der Waals surface area contributed by atoms with Gasteiger partial charge in [-0.2, -0.15) is 0 Å². The van der Waals surface area contributed by atoms with Crippen molar-refractivity contribution < 1.29 is 73.8 Å². The van der Waals surface area contributed by atoms with Crippen LogP contribution in [0.15, 0.2) is 0 Å². The molecule has 0 unspecified atom stereocenters. The van der Waals surface area contributed by atoms with Gasteiger partial charge in [0.2, 0.25) is 17.7 Å². The van der Waals surface area contributed by atoms with Gasteiger partial charge in [-0.25, -0.2) is 0 Å². The predicted molar refractivity (Wildman–Crippen MR) is 140 cm³/mol. The van der Waals surface area contributed by atoms with Gasteiger partial charge in [-0.15, -0.1) is 0 Å². The van der Waals surface area contributed by atoms with Crippen molar-refractivity contribution in [1.82, 2.24) is 16.0 Å². The number of hydrogen-bond donors (Lipinski definition) is 10. The molecule has 248 valence electrons. The molecule has 3 aliphatic rings. The summed E-state index contributed by atoms with van der Waals surface area (Å²) in [4.78, 5) is 35.6. The molecule has 0 saturated carbocycles. The van der Waals surface area contributed by atoms with E-state index < -0.39 is 129 Å². The molecular weight excluding hydrogens is 582 g/mol.